The topological polar surface area (TPSA) is 47.6 Å². The van der Waals surface area contributed by atoms with Crippen LogP contribution in [0, 0.1) is 0 Å². The number of rotatable bonds is 8. The van der Waals surface area contributed by atoms with E-state index in [9.17, 15) is 4.79 Å². The molecule has 2 aromatic rings. The number of carbonyl (C=O) groups excluding carboxylic acids is 1. The van der Waals surface area contributed by atoms with Gasteiger partial charge in [0.15, 0.2) is 0 Å². The molecule has 1 N–H and O–H groups in total. The van der Waals surface area contributed by atoms with Gasteiger partial charge in [-0.05, 0) is 43.7 Å². The number of amides is 1. The zero-order valence-corrected chi connectivity index (χ0v) is 14.5. The fourth-order valence-corrected chi connectivity index (χ4v) is 2.52. The highest BCUT2D eigenvalue weighted by molar-refractivity contribution is 5.94. The highest BCUT2D eigenvalue weighted by atomic mass is 16.5. The van der Waals surface area contributed by atoms with E-state index in [4.69, 9.17) is 9.47 Å². The maximum Gasteiger partial charge on any atom is 0.251 e. The molecule has 0 aliphatic carbocycles. The first kappa shape index (κ1) is 17.9. The summed E-state index contributed by atoms with van der Waals surface area (Å²) < 4.78 is 11.2. The van der Waals surface area contributed by atoms with E-state index in [1.54, 1.807) is 13.2 Å². The van der Waals surface area contributed by atoms with Crippen LogP contribution in [0.2, 0.25) is 0 Å². The van der Waals surface area contributed by atoms with Gasteiger partial charge in [-0.25, -0.2) is 0 Å². The normalized spacial score (nSPS) is 11.6. The van der Waals surface area contributed by atoms with Crippen LogP contribution in [0.4, 0.5) is 0 Å². The molecule has 0 fully saturated rings. The van der Waals surface area contributed by atoms with Gasteiger partial charge in [0.2, 0.25) is 0 Å². The molecule has 0 bridgehead atoms. The summed E-state index contributed by atoms with van der Waals surface area (Å²) in [5, 5.41) is 3.02. The minimum Gasteiger partial charge on any atom is -0.496 e. The summed E-state index contributed by atoms with van der Waals surface area (Å²) in [7, 11) is 1.62. The van der Waals surface area contributed by atoms with Crippen molar-refractivity contribution in [2.75, 3.05) is 7.11 Å². The summed E-state index contributed by atoms with van der Waals surface area (Å²) in [5.74, 6) is 1.43. The first-order valence-electron chi connectivity index (χ1n) is 8.29. The van der Waals surface area contributed by atoms with E-state index in [-0.39, 0.29) is 11.9 Å². The SMILES string of the molecule is CCC[C@H](C)NC(=O)c1ccc(OC)c(COc2ccccc2)c1. The quantitative estimate of drug-likeness (QED) is 0.791. The van der Waals surface area contributed by atoms with Gasteiger partial charge < -0.3 is 14.8 Å². The predicted molar refractivity (Wildman–Crippen MR) is 95.6 cm³/mol. The van der Waals surface area contributed by atoms with Crippen molar-refractivity contribution >= 4 is 5.91 Å². The Bertz CT molecular complexity index is 655. The fraction of sp³-hybridized carbons (Fsp3) is 0.350. The Kier molecular flexibility index (Phi) is 6.67. The summed E-state index contributed by atoms with van der Waals surface area (Å²) in [4.78, 5) is 12.4. The summed E-state index contributed by atoms with van der Waals surface area (Å²) in [6, 6.07) is 15.2. The van der Waals surface area contributed by atoms with Crippen molar-refractivity contribution in [3.05, 3.63) is 59.7 Å². The molecule has 128 valence electrons. The van der Waals surface area contributed by atoms with Crippen LogP contribution in [0.25, 0.3) is 0 Å². The van der Waals surface area contributed by atoms with E-state index in [1.807, 2.05) is 49.4 Å². The van der Waals surface area contributed by atoms with Crippen molar-refractivity contribution in [2.24, 2.45) is 0 Å². The second-order valence-electron chi connectivity index (χ2n) is 5.79. The van der Waals surface area contributed by atoms with E-state index in [1.165, 1.54) is 0 Å². The van der Waals surface area contributed by atoms with E-state index >= 15 is 0 Å². The number of para-hydroxylation sites is 1. The molecule has 0 saturated carbocycles. The van der Waals surface area contributed by atoms with Crippen molar-refractivity contribution in [1.82, 2.24) is 5.32 Å². The minimum atomic E-state index is -0.0698. The van der Waals surface area contributed by atoms with Crippen LogP contribution < -0.4 is 14.8 Å². The second kappa shape index (κ2) is 8.96. The highest BCUT2D eigenvalue weighted by Gasteiger charge is 2.13. The largest absolute Gasteiger partial charge is 0.496 e. The molecule has 0 heterocycles. The molecule has 0 radical (unpaired) electrons. The smallest absolute Gasteiger partial charge is 0.251 e. The molecule has 24 heavy (non-hydrogen) atoms. The van der Waals surface area contributed by atoms with Gasteiger partial charge in [-0.2, -0.15) is 0 Å². The molecule has 1 amide bonds. The third-order valence-corrected chi connectivity index (χ3v) is 3.78. The molecule has 2 aromatic carbocycles. The van der Waals surface area contributed by atoms with Crippen LogP contribution in [-0.2, 0) is 6.61 Å². The van der Waals surface area contributed by atoms with Crippen LogP contribution >= 0.6 is 0 Å². The van der Waals surface area contributed by atoms with Crippen molar-refractivity contribution in [2.45, 2.75) is 39.3 Å². The molecule has 0 spiro atoms. The first-order valence-corrected chi connectivity index (χ1v) is 8.29. The molecule has 0 unspecified atom stereocenters. The molecule has 4 heteroatoms. The molecule has 0 aliphatic heterocycles. The zero-order chi connectivity index (χ0) is 17.4. The van der Waals surface area contributed by atoms with E-state index in [0.717, 1.165) is 24.2 Å². The lowest BCUT2D eigenvalue weighted by Gasteiger charge is -2.15. The van der Waals surface area contributed by atoms with Crippen molar-refractivity contribution < 1.29 is 14.3 Å². The maximum absolute atomic E-state index is 12.4. The average Bonchev–Trinajstić information content (AvgIpc) is 2.60. The summed E-state index contributed by atoms with van der Waals surface area (Å²) >= 11 is 0. The number of hydrogen-bond donors (Lipinski definition) is 1. The number of hydrogen-bond acceptors (Lipinski definition) is 3. The summed E-state index contributed by atoms with van der Waals surface area (Å²) in [5.41, 5.74) is 1.46. The third kappa shape index (κ3) is 5.01. The van der Waals surface area contributed by atoms with Crippen LogP contribution in [0.3, 0.4) is 0 Å². The average molecular weight is 327 g/mol. The van der Waals surface area contributed by atoms with Gasteiger partial charge in [0.1, 0.15) is 18.1 Å². The van der Waals surface area contributed by atoms with E-state index in [2.05, 4.69) is 12.2 Å². The van der Waals surface area contributed by atoms with E-state index < -0.39 is 0 Å². The van der Waals surface area contributed by atoms with Gasteiger partial charge in [0, 0.05) is 17.2 Å². The van der Waals surface area contributed by atoms with Crippen LogP contribution in [0.5, 0.6) is 11.5 Å². The predicted octanol–water partition coefficient (Wildman–Crippen LogP) is 4.19. The van der Waals surface area contributed by atoms with Gasteiger partial charge in [-0.1, -0.05) is 31.5 Å². The molecule has 2 rings (SSSR count). The Hall–Kier alpha value is -2.49. The van der Waals surface area contributed by atoms with Crippen LogP contribution in [0.1, 0.15) is 42.6 Å². The number of ether oxygens (including phenoxy) is 2. The number of benzene rings is 2. The first-order chi connectivity index (χ1) is 11.6. The Labute approximate surface area is 143 Å². The van der Waals surface area contributed by atoms with Gasteiger partial charge in [-0.15, -0.1) is 0 Å². The monoisotopic (exact) mass is 327 g/mol. The van der Waals surface area contributed by atoms with Crippen LogP contribution in [-0.4, -0.2) is 19.1 Å². The lowest BCUT2D eigenvalue weighted by atomic mass is 10.1. The number of carbonyl (C=O) groups is 1. The molecule has 0 aromatic heterocycles. The Balaban J connectivity index is 2.10. The Morgan fingerprint density at radius 3 is 2.58 bits per heavy atom. The molecule has 0 aliphatic rings. The van der Waals surface area contributed by atoms with Crippen LogP contribution in [0.15, 0.2) is 48.5 Å². The standard InChI is InChI=1S/C20H25NO3/c1-4-8-15(2)21-20(22)16-11-12-19(23-3)17(13-16)14-24-18-9-6-5-7-10-18/h5-7,9-13,15H,4,8,14H2,1-3H3,(H,21,22)/t15-/m0/s1. The van der Waals surface area contributed by atoms with Gasteiger partial charge in [-0.3, -0.25) is 4.79 Å². The van der Waals surface area contributed by atoms with Crippen molar-refractivity contribution in [3.63, 3.8) is 0 Å². The van der Waals surface area contributed by atoms with E-state index in [0.29, 0.717) is 17.9 Å². The molecule has 4 nitrogen and oxygen atoms in total. The van der Waals surface area contributed by atoms with Gasteiger partial charge in [0.05, 0.1) is 7.11 Å². The summed E-state index contributed by atoms with van der Waals surface area (Å²) in [6.45, 7) is 4.47. The molecular weight excluding hydrogens is 302 g/mol. The molecule has 1 atom stereocenters. The van der Waals surface area contributed by atoms with Crippen molar-refractivity contribution in [3.8, 4) is 11.5 Å². The fourth-order valence-electron chi connectivity index (χ4n) is 2.52. The molecular formula is C20H25NO3. The number of methoxy groups -OCH3 is 1. The van der Waals surface area contributed by atoms with Gasteiger partial charge >= 0.3 is 0 Å². The minimum absolute atomic E-state index is 0.0698. The van der Waals surface area contributed by atoms with Crippen molar-refractivity contribution in [1.29, 1.82) is 0 Å². The number of nitrogens with one attached hydrogen (secondary N) is 1. The Morgan fingerprint density at radius 2 is 1.92 bits per heavy atom. The lowest BCUT2D eigenvalue weighted by Crippen LogP contribution is -2.32. The second-order valence-corrected chi connectivity index (χ2v) is 5.79. The molecule has 0 saturated heterocycles. The highest BCUT2D eigenvalue weighted by Crippen LogP contribution is 2.22. The lowest BCUT2D eigenvalue weighted by molar-refractivity contribution is 0.0938. The third-order valence-electron chi connectivity index (χ3n) is 3.78. The Morgan fingerprint density at radius 1 is 1.17 bits per heavy atom. The maximum atomic E-state index is 12.4. The summed E-state index contributed by atoms with van der Waals surface area (Å²) in [6.07, 6.45) is 2.01. The van der Waals surface area contributed by atoms with Gasteiger partial charge in [0.25, 0.3) is 5.91 Å². The zero-order valence-electron chi connectivity index (χ0n) is 14.5.